The van der Waals surface area contributed by atoms with E-state index in [0.29, 0.717) is 6.04 Å². The Labute approximate surface area is 107 Å². The van der Waals surface area contributed by atoms with Crippen LogP contribution in [0.5, 0.6) is 0 Å². The number of nitrogens with one attached hydrogen (secondary N) is 1. The summed E-state index contributed by atoms with van der Waals surface area (Å²) in [6.07, 6.45) is 5.89. The van der Waals surface area contributed by atoms with E-state index in [1.165, 1.54) is 35.9 Å². The quantitative estimate of drug-likeness (QED) is 0.863. The van der Waals surface area contributed by atoms with Crippen LogP contribution in [0.4, 0.5) is 0 Å². The molecule has 3 rings (SSSR count). The standard InChI is InChI=1S/C14H17ClN2/c1-17-6-2-3-12(17)7-10-9-16-14-5-4-11(15)8-13(10)14/h4-5,8-9,12,16H,2-3,6-7H2,1H3/t12-/m1/s1. The molecule has 2 nitrogen and oxygen atoms in total. The Morgan fingerprint density at radius 1 is 1.47 bits per heavy atom. The highest BCUT2D eigenvalue weighted by atomic mass is 35.5. The molecule has 1 N–H and O–H groups in total. The number of nitrogens with zero attached hydrogens (tertiary/aromatic N) is 1. The number of likely N-dealkylation sites (N-methyl/N-ethyl adjacent to an activating group) is 1. The van der Waals surface area contributed by atoms with Crippen molar-refractivity contribution < 1.29 is 0 Å². The van der Waals surface area contributed by atoms with E-state index in [1.54, 1.807) is 0 Å². The summed E-state index contributed by atoms with van der Waals surface area (Å²) in [7, 11) is 2.22. The lowest BCUT2D eigenvalue weighted by Crippen LogP contribution is -2.26. The average Bonchev–Trinajstić information content (AvgIpc) is 2.88. The molecule has 1 aromatic carbocycles. The zero-order chi connectivity index (χ0) is 11.8. The lowest BCUT2D eigenvalue weighted by atomic mass is 10.0. The molecule has 2 aromatic rings. The first-order valence-corrected chi connectivity index (χ1v) is 6.57. The molecule has 1 atom stereocenters. The van der Waals surface area contributed by atoms with E-state index in [0.717, 1.165) is 11.4 Å². The molecule has 1 fully saturated rings. The van der Waals surface area contributed by atoms with Crippen molar-refractivity contribution in [3.8, 4) is 0 Å². The molecule has 0 amide bonds. The summed E-state index contributed by atoms with van der Waals surface area (Å²) < 4.78 is 0. The van der Waals surface area contributed by atoms with Crippen LogP contribution in [0.1, 0.15) is 18.4 Å². The van der Waals surface area contributed by atoms with Crippen molar-refractivity contribution in [2.75, 3.05) is 13.6 Å². The summed E-state index contributed by atoms with van der Waals surface area (Å²) in [5.41, 5.74) is 2.58. The van der Waals surface area contributed by atoms with Gasteiger partial charge in [-0.05, 0) is 56.6 Å². The fourth-order valence-electron chi connectivity index (χ4n) is 2.81. The van der Waals surface area contributed by atoms with E-state index < -0.39 is 0 Å². The fourth-order valence-corrected chi connectivity index (χ4v) is 2.98. The minimum absolute atomic E-state index is 0.688. The van der Waals surface area contributed by atoms with Gasteiger partial charge in [0.2, 0.25) is 0 Å². The first-order valence-electron chi connectivity index (χ1n) is 6.20. The molecule has 0 aliphatic carbocycles. The van der Waals surface area contributed by atoms with Crippen molar-refractivity contribution in [2.24, 2.45) is 0 Å². The molecule has 2 heterocycles. The van der Waals surface area contributed by atoms with Crippen LogP contribution < -0.4 is 0 Å². The normalized spacial score (nSPS) is 21.4. The molecular formula is C14H17ClN2. The number of fused-ring (bicyclic) bond motifs is 1. The van der Waals surface area contributed by atoms with Crippen LogP contribution >= 0.6 is 11.6 Å². The van der Waals surface area contributed by atoms with Crippen molar-refractivity contribution in [2.45, 2.75) is 25.3 Å². The maximum atomic E-state index is 6.07. The number of likely N-dealkylation sites (tertiary alicyclic amines) is 1. The van der Waals surface area contributed by atoms with E-state index in [1.807, 2.05) is 6.07 Å². The van der Waals surface area contributed by atoms with Crippen LogP contribution in [-0.4, -0.2) is 29.5 Å². The lowest BCUT2D eigenvalue weighted by Gasteiger charge is -2.18. The van der Waals surface area contributed by atoms with E-state index in [4.69, 9.17) is 11.6 Å². The molecule has 0 radical (unpaired) electrons. The molecule has 0 spiro atoms. The minimum Gasteiger partial charge on any atom is -0.361 e. The number of aromatic nitrogens is 1. The summed E-state index contributed by atoms with van der Waals surface area (Å²) in [5.74, 6) is 0. The molecule has 17 heavy (non-hydrogen) atoms. The Balaban J connectivity index is 1.92. The fraction of sp³-hybridized carbons (Fsp3) is 0.429. The smallest absolute Gasteiger partial charge is 0.0457 e. The van der Waals surface area contributed by atoms with Gasteiger partial charge in [0.1, 0.15) is 0 Å². The van der Waals surface area contributed by atoms with Crippen LogP contribution in [-0.2, 0) is 6.42 Å². The summed E-state index contributed by atoms with van der Waals surface area (Å²) >= 11 is 6.07. The Bertz CT molecular complexity index is 532. The molecule has 1 saturated heterocycles. The Hall–Kier alpha value is -0.990. The largest absolute Gasteiger partial charge is 0.361 e. The van der Waals surface area contributed by atoms with Crippen molar-refractivity contribution in [1.82, 2.24) is 9.88 Å². The molecule has 1 aromatic heterocycles. The van der Waals surface area contributed by atoms with Gasteiger partial charge in [-0.2, -0.15) is 0 Å². The van der Waals surface area contributed by atoms with Gasteiger partial charge in [0, 0.05) is 28.2 Å². The second-order valence-electron chi connectivity index (χ2n) is 4.98. The summed E-state index contributed by atoms with van der Waals surface area (Å²) in [6, 6.07) is 6.75. The third-order valence-electron chi connectivity index (χ3n) is 3.86. The highest BCUT2D eigenvalue weighted by Crippen LogP contribution is 2.26. The number of hydrogen-bond donors (Lipinski definition) is 1. The van der Waals surface area contributed by atoms with Gasteiger partial charge in [0.25, 0.3) is 0 Å². The van der Waals surface area contributed by atoms with Crippen LogP contribution in [0.2, 0.25) is 5.02 Å². The minimum atomic E-state index is 0.688. The topological polar surface area (TPSA) is 19.0 Å². The Morgan fingerprint density at radius 3 is 3.12 bits per heavy atom. The number of hydrogen-bond acceptors (Lipinski definition) is 1. The third kappa shape index (κ3) is 2.07. The number of aromatic amines is 1. The SMILES string of the molecule is CN1CCC[C@@H]1Cc1c[nH]c2ccc(Cl)cc12. The second kappa shape index (κ2) is 4.35. The third-order valence-corrected chi connectivity index (χ3v) is 4.09. The van der Waals surface area contributed by atoms with E-state index >= 15 is 0 Å². The van der Waals surface area contributed by atoms with Crippen LogP contribution in [0, 0.1) is 0 Å². The van der Waals surface area contributed by atoms with Gasteiger partial charge in [0.05, 0.1) is 0 Å². The zero-order valence-corrected chi connectivity index (χ0v) is 10.8. The zero-order valence-electron chi connectivity index (χ0n) is 10.0. The maximum Gasteiger partial charge on any atom is 0.0457 e. The number of halogens is 1. The molecule has 0 bridgehead atoms. The molecular weight excluding hydrogens is 232 g/mol. The van der Waals surface area contributed by atoms with Gasteiger partial charge in [0.15, 0.2) is 0 Å². The van der Waals surface area contributed by atoms with E-state index in [9.17, 15) is 0 Å². The van der Waals surface area contributed by atoms with E-state index in [-0.39, 0.29) is 0 Å². The Kier molecular flexibility index (Phi) is 2.85. The van der Waals surface area contributed by atoms with Crippen molar-refractivity contribution in [1.29, 1.82) is 0 Å². The lowest BCUT2D eigenvalue weighted by molar-refractivity contribution is 0.310. The van der Waals surface area contributed by atoms with Crippen LogP contribution in [0.25, 0.3) is 10.9 Å². The van der Waals surface area contributed by atoms with Gasteiger partial charge >= 0.3 is 0 Å². The van der Waals surface area contributed by atoms with Gasteiger partial charge in [-0.25, -0.2) is 0 Å². The molecule has 1 aliphatic heterocycles. The van der Waals surface area contributed by atoms with Crippen molar-refractivity contribution in [3.05, 3.63) is 35.0 Å². The second-order valence-corrected chi connectivity index (χ2v) is 5.42. The number of benzene rings is 1. The van der Waals surface area contributed by atoms with Crippen LogP contribution in [0.15, 0.2) is 24.4 Å². The molecule has 0 unspecified atom stereocenters. The van der Waals surface area contributed by atoms with Gasteiger partial charge in [-0.3, -0.25) is 0 Å². The molecule has 90 valence electrons. The van der Waals surface area contributed by atoms with Crippen LogP contribution in [0.3, 0.4) is 0 Å². The first kappa shape index (κ1) is 11.1. The van der Waals surface area contributed by atoms with Crippen molar-refractivity contribution >= 4 is 22.5 Å². The monoisotopic (exact) mass is 248 g/mol. The van der Waals surface area contributed by atoms with E-state index in [2.05, 4.69) is 35.3 Å². The predicted molar refractivity (Wildman–Crippen MR) is 72.7 cm³/mol. The highest BCUT2D eigenvalue weighted by molar-refractivity contribution is 6.31. The Morgan fingerprint density at radius 2 is 2.35 bits per heavy atom. The maximum absolute atomic E-state index is 6.07. The van der Waals surface area contributed by atoms with Crippen molar-refractivity contribution in [3.63, 3.8) is 0 Å². The predicted octanol–water partition coefficient (Wildman–Crippen LogP) is 3.46. The average molecular weight is 249 g/mol. The first-order chi connectivity index (χ1) is 8.24. The number of H-pyrrole nitrogens is 1. The molecule has 0 saturated carbocycles. The summed E-state index contributed by atoms with van der Waals surface area (Å²) in [4.78, 5) is 5.79. The summed E-state index contributed by atoms with van der Waals surface area (Å²) in [5, 5.41) is 2.09. The number of rotatable bonds is 2. The molecule has 3 heteroatoms. The highest BCUT2D eigenvalue weighted by Gasteiger charge is 2.21. The molecule has 1 aliphatic rings. The summed E-state index contributed by atoms with van der Waals surface area (Å²) in [6.45, 7) is 1.23. The van der Waals surface area contributed by atoms with Gasteiger partial charge in [-0.1, -0.05) is 11.6 Å². The van der Waals surface area contributed by atoms with Gasteiger partial charge in [-0.15, -0.1) is 0 Å². The van der Waals surface area contributed by atoms with Gasteiger partial charge < -0.3 is 9.88 Å².